The molecule has 0 saturated carbocycles. The Balaban J connectivity index is 2.63. The molecule has 27 heavy (non-hydrogen) atoms. The van der Waals surface area contributed by atoms with E-state index in [1.807, 2.05) is 20.8 Å². The SMILES string of the molecule is COP(=O)(OC)C1=C(C)OC(OC(C)(C)C)CC1c1ccccc1[N+](=O)[O-]. The largest absolute Gasteiger partial charge is 0.469 e. The number of allylic oxidation sites excluding steroid dienone is 2. The van der Waals surface area contributed by atoms with Gasteiger partial charge in [-0.05, 0) is 27.7 Å². The van der Waals surface area contributed by atoms with Gasteiger partial charge in [0.25, 0.3) is 5.69 Å². The van der Waals surface area contributed by atoms with Crippen molar-refractivity contribution in [3.05, 3.63) is 51.0 Å². The molecule has 0 radical (unpaired) electrons. The number of hydrogen-bond donors (Lipinski definition) is 0. The minimum Gasteiger partial charge on any atom is -0.469 e. The molecule has 9 heteroatoms. The molecule has 150 valence electrons. The summed E-state index contributed by atoms with van der Waals surface area (Å²) >= 11 is 0. The molecule has 0 aliphatic carbocycles. The average Bonchev–Trinajstić information content (AvgIpc) is 2.59. The average molecular weight is 399 g/mol. The van der Waals surface area contributed by atoms with Gasteiger partial charge < -0.3 is 18.5 Å². The van der Waals surface area contributed by atoms with E-state index in [0.29, 0.717) is 11.3 Å². The highest BCUT2D eigenvalue weighted by atomic mass is 31.2. The maximum Gasteiger partial charge on any atom is 0.360 e. The number of rotatable bonds is 6. The van der Waals surface area contributed by atoms with Gasteiger partial charge in [-0.25, -0.2) is 0 Å². The second-order valence-electron chi connectivity index (χ2n) is 7.19. The molecule has 0 spiro atoms. The van der Waals surface area contributed by atoms with Gasteiger partial charge >= 0.3 is 7.60 Å². The lowest BCUT2D eigenvalue weighted by molar-refractivity contribution is -0.385. The Morgan fingerprint density at radius 2 is 1.81 bits per heavy atom. The van der Waals surface area contributed by atoms with E-state index in [1.165, 1.54) is 20.3 Å². The summed E-state index contributed by atoms with van der Waals surface area (Å²) in [6, 6.07) is 6.36. The van der Waals surface area contributed by atoms with E-state index in [1.54, 1.807) is 25.1 Å². The zero-order chi connectivity index (χ0) is 20.4. The predicted octanol–water partition coefficient (Wildman–Crippen LogP) is 4.96. The highest BCUT2D eigenvalue weighted by Crippen LogP contribution is 2.63. The summed E-state index contributed by atoms with van der Waals surface area (Å²) in [6.45, 7) is 7.31. The van der Waals surface area contributed by atoms with E-state index in [9.17, 15) is 14.7 Å². The molecule has 0 saturated heterocycles. The molecule has 0 amide bonds. The Kier molecular flexibility index (Phi) is 6.47. The summed E-state index contributed by atoms with van der Waals surface area (Å²) in [6.07, 6.45) is -0.411. The monoisotopic (exact) mass is 399 g/mol. The molecular weight excluding hydrogens is 373 g/mol. The Hall–Kier alpha value is -1.73. The van der Waals surface area contributed by atoms with Crippen LogP contribution in [-0.2, 0) is 23.1 Å². The molecule has 1 aromatic rings. The molecule has 2 rings (SSSR count). The van der Waals surface area contributed by atoms with E-state index in [2.05, 4.69) is 0 Å². The minimum absolute atomic E-state index is 0.0667. The first-order valence-corrected chi connectivity index (χ1v) is 10.1. The summed E-state index contributed by atoms with van der Waals surface area (Å²) in [5.41, 5.74) is -0.137. The van der Waals surface area contributed by atoms with Crippen LogP contribution in [0.3, 0.4) is 0 Å². The number of nitrogens with zero attached hydrogens (tertiary/aromatic N) is 1. The van der Waals surface area contributed by atoms with Gasteiger partial charge in [0.1, 0.15) is 5.76 Å². The van der Waals surface area contributed by atoms with Crippen LogP contribution in [0.15, 0.2) is 35.3 Å². The predicted molar refractivity (Wildman–Crippen MR) is 100 cm³/mol. The lowest BCUT2D eigenvalue weighted by Gasteiger charge is -2.37. The number of hydrogen-bond acceptors (Lipinski definition) is 7. The number of ether oxygens (including phenoxy) is 2. The standard InChI is InChI=1S/C18H26NO7P/c1-12-17(27(22,23-5)24-6)14(11-16(25-12)26-18(2,3)4)13-9-7-8-10-15(13)19(20)21/h7-10,14,16H,11H2,1-6H3. The van der Waals surface area contributed by atoms with Gasteiger partial charge in [-0.3, -0.25) is 14.7 Å². The quantitative estimate of drug-likeness (QED) is 0.379. The highest BCUT2D eigenvalue weighted by Gasteiger charge is 2.44. The highest BCUT2D eigenvalue weighted by molar-refractivity contribution is 7.58. The Morgan fingerprint density at radius 1 is 1.22 bits per heavy atom. The van der Waals surface area contributed by atoms with Crippen molar-refractivity contribution in [2.24, 2.45) is 0 Å². The zero-order valence-corrected chi connectivity index (χ0v) is 17.3. The molecular formula is C18H26NO7P. The summed E-state index contributed by atoms with van der Waals surface area (Å²) in [4.78, 5) is 11.1. The fraction of sp³-hybridized carbons (Fsp3) is 0.556. The summed E-state index contributed by atoms with van der Waals surface area (Å²) in [7, 11) is -1.13. The van der Waals surface area contributed by atoms with Crippen LogP contribution in [0.25, 0.3) is 0 Å². The number of benzene rings is 1. The maximum atomic E-state index is 13.2. The van der Waals surface area contributed by atoms with Gasteiger partial charge in [0, 0.05) is 38.2 Å². The smallest absolute Gasteiger partial charge is 0.360 e. The molecule has 2 unspecified atom stereocenters. The van der Waals surface area contributed by atoms with Crippen molar-refractivity contribution in [3.63, 3.8) is 0 Å². The van der Waals surface area contributed by atoms with Crippen LogP contribution < -0.4 is 0 Å². The van der Waals surface area contributed by atoms with Gasteiger partial charge in [0.05, 0.1) is 15.8 Å². The van der Waals surface area contributed by atoms with E-state index < -0.39 is 30.3 Å². The molecule has 1 aliphatic rings. The van der Waals surface area contributed by atoms with Crippen LogP contribution >= 0.6 is 7.60 Å². The van der Waals surface area contributed by atoms with Crippen LogP contribution in [0.2, 0.25) is 0 Å². The molecule has 0 N–H and O–H groups in total. The van der Waals surface area contributed by atoms with Crippen molar-refractivity contribution < 1.29 is 28.0 Å². The second-order valence-corrected chi connectivity index (χ2v) is 9.39. The van der Waals surface area contributed by atoms with Crippen LogP contribution in [0.1, 0.15) is 45.6 Å². The van der Waals surface area contributed by atoms with E-state index in [4.69, 9.17) is 18.5 Å². The van der Waals surface area contributed by atoms with Gasteiger partial charge in [0.15, 0.2) is 0 Å². The van der Waals surface area contributed by atoms with Crippen molar-refractivity contribution in [3.8, 4) is 0 Å². The lowest BCUT2D eigenvalue weighted by Crippen LogP contribution is -2.34. The molecule has 1 aromatic carbocycles. The fourth-order valence-corrected chi connectivity index (χ4v) is 4.81. The third kappa shape index (κ3) is 4.76. The van der Waals surface area contributed by atoms with Crippen LogP contribution in [0.4, 0.5) is 5.69 Å². The van der Waals surface area contributed by atoms with Gasteiger partial charge in [-0.1, -0.05) is 18.2 Å². The second kappa shape index (κ2) is 8.10. The van der Waals surface area contributed by atoms with Crippen molar-refractivity contribution in [2.45, 2.75) is 51.9 Å². The van der Waals surface area contributed by atoms with Gasteiger partial charge in [-0.2, -0.15) is 0 Å². The normalized spacial score (nSPS) is 21.1. The fourth-order valence-electron chi connectivity index (χ4n) is 3.20. The first-order valence-electron chi connectivity index (χ1n) is 8.53. The summed E-state index contributed by atoms with van der Waals surface area (Å²) < 4.78 is 35.3. The molecule has 1 heterocycles. The molecule has 0 bridgehead atoms. The lowest BCUT2D eigenvalue weighted by atomic mass is 9.91. The number of nitro benzene ring substituents is 1. The number of para-hydroxylation sites is 1. The Labute approximate surface area is 159 Å². The molecule has 2 atom stereocenters. The van der Waals surface area contributed by atoms with Crippen LogP contribution in [0.5, 0.6) is 0 Å². The summed E-state index contributed by atoms with van der Waals surface area (Å²) in [5, 5.41) is 11.8. The van der Waals surface area contributed by atoms with Gasteiger partial charge in [0.2, 0.25) is 6.29 Å². The third-order valence-electron chi connectivity index (χ3n) is 4.20. The Bertz CT molecular complexity index is 776. The van der Waals surface area contributed by atoms with Crippen molar-refractivity contribution >= 4 is 13.3 Å². The van der Waals surface area contributed by atoms with Crippen LogP contribution in [0, 0.1) is 10.1 Å². The van der Waals surface area contributed by atoms with Gasteiger partial charge in [-0.15, -0.1) is 0 Å². The Morgan fingerprint density at radius 3 is 2.33 bits per heavy atom. The van der Waals surface area contributed by atoms with E-state index in [0.717, 1.165) is 0 Å². The zero-order valence-electron chi connectivity index (χ0n) is 16.4. The third-order valence-corrected chi connectivity index (χ3v) is 6.37. The first kappa shape index (κ1) is 21.6. The van der Waals surface area contributed by atoms with Crippen molar-refractivity contribution in [1.82, 2.24) is 0 Å². The molecule has 0 aromatic heterocycles. The topological polar surface area (TPSA) is 97.1 Å². The van der Waals surface area contributed by atoms with Crippen molar-refractivity contribution in [2.75, 3.05) is 14.2 Å². The minimum atomic E-state index is -3.69. The molecule has 8 nitrogen and oxygen atoms in total. The van der Waals surface area contributed by atoms with E-state index >= 15 is 0 Å². The van der Waals surface area contributed by atoms with E-state index in [-0.39, 0.29) is 17.4 Å². The molecule has 0 fully saturated rings. The summed E-state index contributed by atoms with van der Waals surface area (Å²) in [5.74, 6) is -0.288. The number of nitro groups is 1. The van der Waals surface area contributed by atoms with Crippen molar-refractivity contribution in [1.29, 1.82) is 0 Å². The first-order chi connectivity index (χ1) is 12.5. The van der Waals surface area contributed by atoms with Crippen LogP contribution in [-0.4, -0.2) is 31.0 Å². The molecule has 1 aliphatic heterocycles. The maximum absolute atomic E-state index is 13.2.